The van der Waals surface area contributed by atoms with E-state index in [1.807, 2.05) is 0 Å². The van der Waals surface area contributed by atoms with Crippen molar-refractivity contribution in [3.05, 3.63) is 28.0 Å². The predicted octanol–water partition coefficient (Wildman–Crippen LogP) is 3.13. The molecule has 0 bridgehead atoms. The SMILES string of the molecule is CC(C)(C)OC(=O)c1c(Br)ccc(N)c1F. The van der Waals surface area contributed by atoms with Gasteiger partial charge in [0.25, 0.3) is 0 Å². The number of rotatable bonds is 1. The summed E-state index contributed by atoms with van der Waals surface area (Å²) in [5.41, 5.74) is 4.46. The van der Waals surface area contributed by atoms with Gasteiger partial charge in [0.2, 0.25) is 0 Å². The number of anilines is 1. The molecule has 88 valence electrons. The molecule has 3 nitrogen and oxygen atoms in total. The quantitative estimate of drug-likeness (QED) is 0.638. The molecule has 0 amide bonds. The zero-order valence-electron chi connectivity index (χ0n) is 9.30. The maximum absolute atomic E-state index is 13.6. The average molecular weight is 290 g/mol. The van der Waals surface area contributed by atoms with E-state index in [4.69, 9.17) is 10.5 Å². The second-order valence-corrected chi connectivity index (χ2v) is 5.18. The highest BCUT2D eigenvalue weighted by Crippen LogP contribution is 2.26. The number of hydrogen-bond donors (Lipinski definition) is 1. The minimum Gasteiger partial charge on any atom is -0.456 e. The highest BCUT2D eigenvalue weighted by Gasteiger charge is 2.24. The molecule has 0 spiro atoms. The highest BCUT2D eigenvalue weighted by atomic mass is 79.9. The van der Waals surface area contributed by atoms with Crippen LogP contribution < -0.4 is 5.73 Å². The number of esters is 1. The minimum absolute atomic E-state index is 0.0796. The summed E-state index contributed by atoms with van der Waals surface area (Å²) in [5, 5.41) is 0. The third-order valence-corrected chi connectivity index (χ3v) is 2.38. The van der Waals surface area contributed by atoms with Gasteiger partial charge in [-0.25, -0.2) is 9.18 Å². The van der Waals surface area contributed by atoms with E-state index in [1.54, 1.807) is 20.8 Å². The van der Waals surface area contributed by atoms with Gasteiger partial charge in [-0.2, -0.15) is 0 Å². The van der Waals surface area contributed by atoms with Gasteiger partial charge >= 0.3 is 5.97 Å². The lowest BCUT2D eigenvalue weighted by molar-refractivity contribution is 0.00637. The Bertz CT molecular complexity index is 427. The van der Waals surface area contributed by atoms with Crippen LogP contribution >= 0.6 is 15.9 Å². The molecule has 0 aliphatic carbocycles. The zero-order valence-corrected chi connectivity index (χ0v) is 10.9. The van der Waals surface area contributed by atoms with Crippen LogP contribution in [0.25, 0.3) is 0 Å². The van der Waals surface area contributed by atoms with Crippen LogP contribution in [0.2, 0.25) is 0 Å². The van der Waals surface area contributed by atoms with Crippen LogP contribution in [0.15, 0.2) is 16.6 Å². The van der Waals surface area contributed by atoms with Crippen molar-refractivity contribution in [2.45, 2.75) is 26.4 Å². The number of nitrogens with two attached hydrogens (primary N) is 1. The summed E-state index contributed by atoms with van der Waals surface area (Å²) in [5.74, 6) is -1.49. The first-order valence-corrected chi connectivity index (χ1v) is 5.48. The molecule has 0 heterocycles. The Morgan fingerprint density at radius 3 is 2.50 bits per heavy atom. The molecule has 0 atom stereocenters. The molecule has 1 aromatic rings. The fourth-order valence-electron chi connectivity index (χ4n) is 1.08. The van der Waals surface area contributed by atoms with Crippen LogP contribution in [-0.2, 0) is 4.74 Å². The summed E-state index contributed by atoms with van der Waals surface area (Å²) in [4.78, 5) is 11.7. The number of nitrogen functional groups attached to an aromatic ring is 1. The highest BCUT2D eigenvalue weighted by molar-refractivity contribution is 9.10. The van der Waals surface area contributed by atoms with Crippen LogP contribution in [0.4, 0.5) is 10.1 Å². The Morgan fingerprint density at radius 2 is 2.00 bits per heavy atom. The van der Waals surface area contributed by atoms with Gasteiger partial charge in [-0.1, -0.05) is 0 Å². The molecule has 16 heavy (non-hydrogen) atoms. The molecule has 0 saturated heterocycles. The smallest absolute Gasteiger partial charge is 0.342 e. The van der Waals surface area contributed by atoms with E-state index in [-0.39, 0.29) is 11.3 Å². The summed E-state index contributed by atoms with van der Waals surface area (Å²) < 4.78 is 19.0. The van der Waals surface area contributed by atoms with Gasteiger partial charge in [0.1, 0.15) is 11.2 Å². The van der Waals surface area contributed by atoms with Gasteiger partial charge in [-0.15, -0.1) is 0 Å². The molecule has 5 heteroatoms. The Labute approximate surface area is 102 Å². The molecular formula is C11H13BrFNO2. The fraction of sp³-hybridized carbons (Fsp3) is 0.364. The topological polar surface area (TPSA) is 52.3 Å². The predicted molar refractivity (Wildman–Crippen MR) is 63.7 cm³/mol. The molecule has 0 radical (unpaired) electrons. The van der Waals surface area contributed by atoms with E-state index in [1.165, 1.54) is 12.1 Å². The second-order valence-electron chi connectivity index (χ2n) is 4.33. The molecule has 0 aliphatic rings. The Kier molecular flexibility index (Phi) is 3.57. The van der Waals surface area contributed by atoms with Gasteiger partial charge < -0.3 is 10.5 Å². The molecule has 1 rings (SSSR count). The minimum atomic E-state index is -0.761. The zero-order chi connectivity index (χ0) is 12.5. The number of halogens is 2. The van der Waals surface area contributed by atoms with Crippen molar-refractivity contribution >= 4 is 27.6 Å². The van der Waals surface area contributed by atoms with Crippen molar-refractivity contribution in [2.75, 3.05) is 5.73 Å². The summed E-state index contributed by atoms with van der Waals surface area (Å²) in [6.07, 6.45) is 0. The first kappa shape index (κ1) is 13.0. The lowest BCUT2D eigenvalue weighted by atomic mass is 10.1. The van der Waals surface area contributed by atoms with Gasteiger partial charge in [-0.05, 0) is 48.8 Å². The third-order valence-electron chi connectivity index (χ3n) is 1.72. The van der Waals surface area contributed by atoms with Crippen molar-refractivity contribution in [1.82, 2.24) is 0 Å². The van der Waals surface area contributed by atoms with Crippen molar-refractivity contribution in [3.8, 4) is 0 Å². The molecule has 0 unspecified atom stereocenters. The number of carbonyl (C=O) groups is 1. The molecular weight excluding hydrogens is 277 g/mol. The molecule has 0 aromatic heterocycles. The standard InChI is InChI=1S/C11H13BrFNO2/c1-11(2,3)16-10(15)8-6(12)4-5-7(14)9(8)13/h4-5H,14H2,1-3H3. The van der Waals surface area contributed by atoms with E-state index >= 15 is 0 Å². The summed E-state index contributed by atoms with van der Waals surface area (Å²) in [6.45, 7) is 5.13. The summed E-state index contributed by atoms with van der Waals surface area (Å²) >= 11 is 3.09. The molecule has 0 fully saturated rings. The van der Waals surface area contributed by atoms with Crippen LogP contribution in [0.3, 0.4) is 0 Å². The summed E-state index contributed by atoms with van der Waals surface area (Å²) in [6, 6.07) is 2.89. The fourth-order valence-corrected chi connectivity index (χ4v) is 1.55. The van der Waals surface area contributed by atoms with Gasteiger partial charge in [0.05, 0.1) is 5.69 Å². The van der Waals surface area contributed by atoms with Crippen molar-refractivity contribution in [2.24, 2.45) is 0 Å². The third kappa shape index (κ3) is 2.95. The first-order chi connectivity index (χ1) is 7.22. The van der Waals surface area contributed by atoms with E-state index in [2.05, 4.69) is 15.9 Å². The van der Waals surface area contributed by atoms with Gasteiger partial charge in [0, 0.05) is 4.47 Å². The monoisotopic (exact) mass is 289 g/mol. The Balaban J connectivity index is 3.14. The van der Waals surface area contributed by atoms with Gasteiger partial charge in [-0.3, -0.25) is 0 Å². The van der Waals surface area contributed by atoms with E-state index in [0.717, 1.165) is 0 Å². The molecule has 0 aliphatic heterocycles. The number of hydrogen-bond acceptors (Lipinski definition) is 3. The Hall–Kier alpha value is -1.10. The lowest BCUT2D eigenvalue weighted by Crippen LogP contribution is -2.25. The first-order valence-electron chi connectivity index (χ1n) is 4.69. The van der Waals surface area contributed by atoms with Crippen LogP contribution in [0, 0.1) is 5.82 Å². The van der Waals surface area contributed by atoms with Crippen molar-refractivity contribution in [1.29, 1.82) is 0 Å². The molecule has 1 aromatic carbocycles. The average Bonchev–Trinajstić information content (AvgIpc) is 2.09. The number of benzene rings is 1. The van der Waals surface area contributed by atoms with Crippen LogP contribution in [0.5, 0.6) is 0 Å². The van der Waals surface area contributed by atoms with Crippen molar-refractivity contribution in [3.63, 3.8) is 0 Å². The number of ether oxygens (including phenoxy) is 1. The van der Waals surface area contributed by atoms with Crippen LogP contribution in [0.1, 0.15) is 31.1 Å². The normalized spacial score (nSPS) is 11.3. The number of carbonyl (C=O) groups excluding carboxylic acids is 1. The van der Waals surface area contributed by atoms with Crippen LogP contribution in [-0.4, -0.2) is 11.6 Å². The lowest BCUT2D eigenvalue weighted by Gasteiger charge is -2.20. The maximum atomic E-state index is 13.6. The van der Waals surface area contributed by atoms with E-state index in [9.17, 15) is 9.18 Å². The summed E-state index contributed by atoms with van der Waals surface area (Å²) in [7, 11) is 0. The van der Waals surface area contributed by atoms with E-state index in [0.29, 0.717) is 4.47 Å². The molecule has 0 saturated carbocycles. The van der Waals surface area contributed by atoms with E-state index < -0.39 is 17.4 Å². The van der Waals surface area contributed by atoms with Crippen molar-refractivity contribution < 1.29 is 13.9 Å². The maximum Gasteiger partial charge on any atom is 0.342 e. The largest absolute Gasteiger partial charge is 0.456 e. The van der Waals surface area contributed by atoms with Gasteiger partial charge in [0.15, 0.2) is 5.82 Å². The second kappa shape index (κ2) is 4.41. The Morgan fingerprint density at radius 1 is 1.44 bits per heavy atom. The molecule has 2 N–H and O–H groups in total.